The van der Waals surface area contributed by atoms with Crippen LogP contribution in [-0.2, 0) is 11.3 Å². The summed E-state index contributed by atoms with van der Waals surface area (Å²) < 4.78 is 12.8. The minimum absolute atomic E-state index is 0.141. The topological polar surface area (TPSA) is 29.1 Å². The molecule has 2 saturated carbocycles. The first kappa shape index (κ1) is 12.6. The molecule has 2 fully saturated rings. The minimum Gasteiger partial charge on any atom is -0.352 e. The summed E-state index contributed by atoms with van der Waals surface area (Å²) in [7, 11) is 0. The van der Waals surface area contributed by atoms with E-state index in [1.54, 1.807) is 12.1 Å². The molecule has 3 rings (SSSR count). The van der Waals surface area contributed by atoms with Crippen LogP contribution in [0.2, 0.25) is 0 Å². The zero-order chi connectivity index (χ0) is 13.2. The van der Waals surface area contributed by atoms with Gasteiger partial charge in [0.15, 0.2) is 0 Å². The van der Waals surface area contributed by atoms with Gasteiger partial charge in [0.25, 0.3) is 0 Å². The first-order valence-electron chi connectivity index (χ1n) is 7.22. The highest BCUT2D eigenvalue weighted by atomic mass is 19.1. The first-order chi connectivity index (χ1) is 9.20. The van der Waals surface area contributed by atoms with Crippen molar-refractivity contribution in [3.8, 4) is 0 Å². The highest BCUT2D eigenvalue weighted by Crippen LogP contribution is 2.49. The van der Waals surface area contributed by atoms with Gasteiger partial charge in [-0.25, -0.2) is 4.39 Å². The number of fused-ring (bicyclic) bond motifs is 2. The smallest absolute Gasteiger partial charge is 0.220 e. The summed E-state index contributed by atoms with van der Waals surface area (Å²) in [5, 5.41) is 2.94. The van der Waals surface area contributed by atoms with Crippen LogP contribution in [-0.4, -0.2) is 5.91 Å². The highest BCUT2D eigenvalue weighted by Gasteiger charge is 2.39. The number of halogens is 1. The molecule has 1 aromatic carbocycles. The molecule has 0 spiro atoms. The molecule has 2 bridgehead atoms. The second kappa shape index (κ2) is 5.32. The van der Waals surface area contributed by atoms with E-state index in [2.05, 4.69) is 5.32 Å². The van der Waals surface area contributed by atoms with Gasteiger partial charge in [0.05, 0.1) is 0 Å². The standard InChI is InChI=1S/C16H20FNO/c17-15-5-2-11(3-6-15)10-18-16(19)9-14-8-12-1-4-13(14)7-12/h2-3,5-6,12-14H,1,4,7-10H2,(H,18,19)/t12-,13-,14-/m1/s1. The Balaban J connectivity index is 1.45. The van der Waals surface area contributed by atoms with Gasteiger partial charge in [0.2, 0.25) is 5.91 Å². The maximum atomic E-state index is 12.8. The van der Waals surface area contributed by atoms with Crippen LogP contribution in [0.25, 0.3) is 0 Å². The Morgan fingerprint density at radius 1 is 1.21 bits per heavy atom. The molecular formula is C16H20FNO. The van der Waals surface area contributed by atoms with Crippen LogP contribution in [0, 0.1) is 23.6 Å². The van der Waals surface area contributed by atoms with Gasteiger partial charge in [-0.3, -0.25) is 4.79 Å². The number of benzene rings is 1. The molecule has 0 radical (unpaired) electrons. The van der Waals surface area contributed by atoms with E-state index in [0.717, 1.165) is 17.4 Å². The van der Waals surface area contributed by atoms with Crippen LogP contribution in [0.5, 0.6) is 0 Å². The van der Waals surface area contributed by atoms with Crippen molar-refractivity contribution < 1.29 is 9.18 Å². The van der Waals surface area contributed by atoms with E-state index in [1.807, 2.05) is 0 Å². The lowest BCUT2D eigenvalue weighted by atomic mass is 9.86. The van der Waals surface area contributed by atoms with Crippen LogP contribution in [0.4, 0.5) is 4.39 Å². The van der Waals surface area contributed by atoms with Crippen molar-refractivity contribution in [1.29, 1.82) is 0 Å². The summed E-state index contributed by atoms with van der Waals surface area (Å²) in [5.74, 6) is 2.19. The van der Waals surface area contributed by atoms with Crippen molar-refractivity contribution >= 4 is 5.91 Å². The molecule has 2 aliphatic carbocycles. The van der Waals surface area contributed by atoms with Gasteiger partial charge >= 0.3 is 0 Å². The van der Waals surface area contributed by atoms with Gasteiger partial charge in [0, 0.05) is 13.0 Å². The number of hydrogen-bond donors (Lipinski definition) is 1. The van der Waals surface area contributed by atoms with Gasteiger partial charge in [-0.05, 0) is 54.7 Å². The van der Waals surface area contributed by atoms with Crippen molar-refractivity contribution in [3.63, 3.8) is 0 Å². The molecule has 3 atom stereocenters. The van der Waals surface area contributed by atoms with E-state index < -0.39 is 0 Å². The van der Waals surface area contributed by atoms with Crippen LogP contribution in [0.15, 0.2) is 24.3 Å². The lowest BCUT2D eigenvalue weighted by Crippen LogP contribution is -2.26. The van der Waals surface area contributed by atoms with Crippen molar-refractivity contribution in [3.05, 3.63) is 35.6 Å². The van der Waals surface area contributed by atoms with Gasteiger partial charge in [0.1, 0.15) is 5.82 Å². The summed E-state index contributed by atoms with van der Waals surface area (Å²) in [6.07, 6.45) is 5.95. The highest BCUT2D eigenvalue weighted by molar-refractivity contribution is 5.76. The molecule has 1 N–H and O–H groups in total. The molecular weight excluding hydrogens is 241 g/mol. The van der Waals surface area contributed by atoms with Crippen LogP contribution in [0.3, 0.4) is 0 Å². The molecule has 19 heavy (non-hydrogen) atoms. The number of amides is 1. The lowest BCUT2D eigenvalue weighted by Gasteiger charge is -2.20. The molecule has 2 aliphatic rings. The van der Waals surface area contributed by atoms with E-state index in [1.165, 1.54) is 37.8 Å². The Labute approximate surface area is 113 Å². The van der Waals surface area contributed by atoms with Gasteiger partial charge in [-0.2, -0.15) is 0 Å². The molecule has 0 heterocycles. The van der Waals surface area contributed by atoms with Crippen molar-refractivity contribution in [2.45, 2.75) is 38.6 Å². The Bertz CT molecular complexity index is 456. The summed E-state index contributed by atoms with van der Waals surface area (Å²) in [4.78, 5) is 11.9. The van der Waals surface area contributed by atoms with E-state index in [9.17, 15) is 9.18 Å². The molecule has 2 nitrogen and oxygen atoms in total. The summed E-state index contributed by atoms with van der Waals surface area (Å²) in [6.45, 7) is 0.500. The van der Waals surface area contributed by atoms with E-state index in [-0.39, 0.29) is 11.7 Å². The Morgan fingerprint density at radius 2 is 2.00 bits per heavy atom. The summed E-state index contributed by atoms with van der Waals surface area (Å²) >= 11 is 0. The Morgan fingerprint density at radius 3 is 2.63 bits per heavy atom. The maximum Gasteiger partial charge on any atom is 0.220 e. The summed E-state index contributed by atoms with van der Waals surface area (Å²) in [5.41, 5.74) is 0.947. The number of carbonyl (C=O) groups is 1. The number of nitrogens with one attached hydrogen (secondary N) is 1. The second-order valence-corrected chi connectivity index (χ2v) is 6.04. The third-order valence-corrected chi connectivity index (χ3v) is 4.74. The van der Waals surface area contributed by atoms with E-state index in [4.69, 9.17) is 0 Å². The van der Waals surface area contributed by atoms with Crippen molar-refractivity contribution in [1.82, 2.24) is 5.32 Å². The molecule has 0 aliphatic heterocycles. The zero-order valence-electron chi connectivity index (χ0n) is 11.1. The molecule has 0 saturated heterocycles. The van der Waals surface area contributed by atoms with Gasteiger partial charge < -0.3 is 5.32 Å². The fourth-order valence-corrected chi connectivity index (χ4v) is 3.74. The van der Waals surface area contributed by atoms with Crippen LogP contribution in [0.1, 0.15) is 37.7 Å². The monoisotopic (exact) mass is 261 g/mol. The average molecular weight is 261 g/mol. The van der Waals surface area contributed by atoms with Gasteiger partial charge in [-0.15, -0.1) is 0 Å². The van der Waals surface area contributed by atoms with Crippen LogP contribution >= 0.6 is 0 Å². The van der Waals surface area contributed by atoms with Crippen LogP contribution < -0.4 is 5.32 Å². The lowest BCUT2D eigenvalue weighted by molar-refractivity contribution is -0.122. The molecule has 3 heteroatoms. The predicted octanol–water partition coefficient (Wildman–Crippen LogP) is 3.27. The molecule has 0 unspecified atom stereocenters. The third-order valence-electron chi connectivity index (χ3n) is 4.74. The maximum absolute atomic E-state index is 12.8. The molecule has 1 amide bonds. The molecule has 0 aromatic heterocycles. The van der Waals surface area contributed by atoms with Gasteiger partial charge in [-0.1, -0.05) is 18.6 Å². The van der Waals surface area contributed by atoms with E-state index in [0.29, 0.717) is 18.9 Å². The minimum atomic E-state index is -0.239. The number of hydrogen-bond acceptors (Lipinski definition) is 1. The quantitative estimate of drug-likeness (QED) is 0.885. The van der Waals surface area contributed by atoms with E-state index >= 15 is 0 Å². The SMILES string of the molecule is O=C(C[C@H]1C[C@@H]2CC[C@@H]1C2)NCc1ccc(F)cc1. The normalized spacial score (nSPS) is 28.6. The number of rotatable bonds is 4. The first-order valence-corrected chi connectivity index (χ1v) is 7.22. The largest absolute Gasteiger partial charge is 0.352 e. The fraction of sp³-hybridized carbons (Fsp3) is 0.562. The average Bonchev–Trinajstić information content (AvgIpc) is 3.00. The second-order valence-electron chi connectivity index (χ2n) is 6.04. The van der Waals surface area contributed by atoms with Crippen molar-refractivity contribution in [2.75, 3.05) is 0 Å². The molecule has 1 aromatic rings. The Kier molecular flexibility index (Phi) is 3.54. The number of carbonyl (C=O) groups excluding carboxylic acids is 1. The predicted molar refractivity (Wildman–Crippen MR) is 71.8 cm³/mol. The molecule has 102 valence electrons. The third kappa shape index (κ3) is 2.96. The fourth-order valence-electron chi connectivity index (χ4n) is 3.74. The summed E-state index contributed by atoms with van der Waals surface area (Å²) in [6, 6.07) is 6.29. The van der Waals surface area contributed by atoms with Crippen molar-refractivity contribution in [2.24, 2.45) is 17.8 Å². The Hall–Kier alpha value is -1.38. The zero-order valence-corrected chi connectivity index (χ0v) is 11.1.